The zero-order chi connectivity index (χ0) is 12.8. The van der Waals surface area contributed by atoms with Crippen molar-refractivity contribution in [3.8, 4) is 11.8 Å². The fraction of sp³-hybridized carbons (Fsp3) is 0.182. The summed E-state index contributed by atoms with van der Waals surface area (Å²) in [4.78, 5) is 20.9. The van der Waals surface area contributed by atoms with Crippen molar-refractivity contribution in [1.29, 1.82) is 0 Å². The summed E-state index contributed by atoms with van der Waals surface area (Å²) in [5.74, 6) is 4.54. The van der Waals surface area contributed by atoms with Gasteiger partial charge in [-0.15, -0.1) is 0 Å². The van der Waals surface area contributed by atoms with Gasteiger partial charge in [0.1, 0.15) is 12.0 Å². The number of hydrogen-bond acceptors (Lipinski definition) is 4. The first-order chi connectivity index (χ1) is 8.04. The van der Waals surface area contributed by atoms with Crippen LogP contribution in [0.15, 0.2) is 18.2 Å². The molecule has 0 N–H and O–H groups in total. The second-order valence-electron chi connectivity index (χ2n) is 2.97. The zero-order valence-electron chi connectivity index (χ0n) is 8.90. The molecule has 0 saturated heterocycles. The first kappa shape index (κ1) is 13.0. The lowest BCUT2D eigenvalue weighted by atomic mass is 10.2. The van der Waals surface area contributed by atoms with Crippen molar-refractivity contribution in [3.63, 3.8) is 0 Å². The number of halogens is 1. The quantitative estimate of drug-likeness (QED) is 0.350. The largest absolute Gasteiger partial charge is 0.468 e. The maximum Gasteiger partial charge on any atom is 0.317 e. The van der Waals surface area contributed by atoms with Crippen LogP contribution in [0.4, 0.5) is 5.69 Å². The standard InChI is InChI=1S/C11H8ClNO4/c1-17-11(14)4-2-3-8-5-6-9(12)7-10(8)13(15)16/h5-7H,4H2,1H3. The molecule has 0 atom stereocenters. The van der Waals surface area contributed by atoms with E-state index in [0.29, 0.717) is 0 Å². The lowest BCUT2D eigenvalue weighted by Gasteiger charge is -1.96. The highest BCUT2D eigenvalue weighted by Crippen LogP contribution is 2.22. The van der Waals surface area contributed by atoms with Crippen molar-refractivity contribution >= 4 is 23.3 Å². The normalized spacial score (nSPS) is 9.06. The molecule has 1 aromatic rings. The first-order valence-corrected chi connectivity index (χ1v) is 4.92. The molecular formula is C11H8ClNO4. The Balaban J connectivity index is 2.98. The van der Waals surface area contributed by atoms with E-state index in [1.807, 2.05) is 0 Å². The van der Waals surface area contributed by atoms with Crippen LogP contribution in [0, 0.1) is 22.0 Å². The lowest BCUT2D eigenvalue weighted by molar-refractivity contribution is -0.385. The molecule has 17 heavy (non-hydrogen) atoms. The van der Waals surface area contributed by atoms with Crippen LogP contribution >= 0.6 is 11.6 Å². The van der Waals surface area contributed by atoms with Crippen LogP contribution in [0.3, 0.4) is 0 Å². The number of methoxy groups -OCH3 is 1. The molecular weight excluding hydrogens is 246 g/mol. The Morgan fingerprint density at radius 3 is 2.88 bits per heavy atom. The number of carbonyl (C=O) groups is 1. The van der Waals surface area contributed by atoms with Crippen molar-refractivity contribution in [2.75, 3.05) is 7.11 Å². The van der Waals surface area contributed by atoms with E-state index in [0.717, 1.165) is 0 Å². The number of ether oxygens (including phenoxy) is 1. The summed E-state index contributed by atoms with van der Waals surface area (Å²) >= 11 is 5.64. The maximum atomic E-state index is 10.8. The van der Waals surface area contributed by atoms with Gasteiger partial charge in [0.2, 0.25) is 0 Å². The van der Waals surface area contributed by atoms with Gasteiger partial charge in [0.05, 0.1) is 12.0 Å². The average Bonchev–Trinajstić information content (AvgIpc) is 2.30. The summed E-state index contributed by atoms with van der Waals surface area (Å²) in [5, 5.41) is 11.0. The molecule has 0 amide bonds. The highest BCUT2D eigenvalue weighted by Gasteiger charge is 2.12. The third-order valence-electron chi connectivity index (χ3n) is 1.84. The molecule has 0 aliphatic rings. The van der Waals surface area contributed by atoms with Crippen LogP contribution in [-0.4, -0.2) is 18.0 Å². The Hall–Kier alpha value is -2.06. The topological polar surface area (TPSA) is 69.4 Å². The number of rotatable bonds is 2. The number of hydrogen-bond donors (Lipinski definition) is 0. The molecule has 88 valence electrons. The van der Waals surface area contributed by atoms with Gasteiger partial charge >= 0.3 is 5.97 Å². The van der Waals surface area contributed by atoms with E-state index in [1.165, 1.54) is 25.3 Å². The molecule has 0 spiro atoms. The number of esters is 1. The number of nitro benzene ring substituents is 1. The molecule has 5 nitrogen and oxygen atoms in total. The van der Waals surface area contributed by atoms with E-state index >= 15 is 0 Å². The van der Waals surface area contributed by atoms with E-state index in [4.69, 9.17) is 11.6 Å². The minimum atomic E-state index is -0.575. The molecule has 1 aromatic carbocycles. The summed E-state index contributed by atoms with van der Waals surface area (Å²) in [5.41, 5.74) is 0.0261. The fourth-order valence-electron chi connectivity index (χ4n) is 1.05. The number of nitro groups is 1. The fourth-order valence-corrected chi connectivity index (χ4v) is 1.21. The van der Waals surface area contributed by atoms with E-state index in [2.05, 4.69) is 16.6 Å². The van der Waals surface area contributed by atoms with Crippen LogP contribution in [-0.2, 0) is 9.53 Å². The van der Waals surface area contributed by atoms with Gasteiger partial charge < -0.3 is 4.74 Å². The summed E-state index contributed by atoms with van der Waals surface area (Å²) < 4.78 is 4.39. The average molecular weight is 254 g/mol. The van der Waals surface area contributed by atoms with Gasteiger partial charge in [-0.2, -0.15) is 0 Å². The Morgan fingerprint density at radius 1 is 1.59 bits per heavy atom. The van der Waals surface area contributed by atoms with Gasteiger partial charge in [0.25, 0.3) is 5.69 Å². The van der Waals surface area contributed by atoms with E-state index in [1.54, 1.807) is 0 Å². The molecule has 0 aromatic heterocycles. The van der Waals surface area contributed by atoms with Crippen molar-refractivity contribution in [2.24, 2.45) is 0 Å². The van der Waals surface area contributed by atoms with E-state index in [-0.39, 0.29) is 22.7 Å². The van der Waals surface area contributed by atoms with Gasteiger partial charge in [0.15, 0.2) is 0 Å². The molecule has 0 heterocycles. The van der Waals surface area contributed by atoms with Crippen LogP contribution < -0.4 is 0 Å². The van der Waals surface area contributed by atoms with Gasteiger partial charge in [-0.05, 0) is 12.1 Å². The second-order valence-corrected chi connectivity index (χ2v) is 3.41. The van der Waals surface area contributed by atoms with Gasteiger partial charge in [-0.1, -0.05) is 23.4 Å². The monoisotopic (exact) mass is 253 g/mol. The van der Waals surface area contributed by atoms with Crippen molar-refractivity contribution in [1.82, 2.24) is 0 Å². The van der Waals surface area contributed by atoms with E-state index < -0.39 is 10.9 Å². The number of nitrogens with zero attached hydrogens (tertiary/aromatic N) is 1. The molecule has 0 unspecified atom stereocenters. The molecule has 0 bridgehead atoms. The van der Waals surface area contributed by atoms with Crippen molar-refractivity contribution in [2.45, 2.75) is 6.42 Å². The van der Waals surface area contributed by atoms with Crippen molar-refractivity contribution in [3.05, 3.63) is 38.9 Å². The Kier molecular flexibility index (Phi) is 4.49. The van der Waals surface area contributed by atoms with Gasteiger partial charge in [-0.3, -0.25) is 14.9 Å². The molecule has 0 saturated carbocycles. The molecule has 0 aliphatic carbocycles. The van der Waals surface area contributed by atoms with Crippen LogP contribution in [0.2, 0.25) is 5.02 Å². The SMILES string of the molecule is COC(=O)CC#Cc1ccc(Cl)cc1[N+](=O)[O-]. The van der Waals surface area contributed by atoms with Crippen molar-refractivity contribution < 1.29 is 14.5 Å². The highest BCUT2D eigenvalue weighted by molar-refractivity contribution is 6.30. The van der Waals surface area contributed by atoms with Crippen LogP contribution in [0.5, 0.6) is 0 Å². The Morgan fingerprint density at radius 2 is 2.29 bits per heavy atom. The summed E-state index contributed by atoms with van der Waals surface area (Å²) in [6.07, 6.45) is -0.115. The molecule has 6 heteroatoms. The Bertz CT molecular complexity index is 516. The zero-order valence-corrected chi connectivity index (χ0v) is 9.65. The lowest BCUT2D eigenvalue weighted by Crippen LogP contribution is -1.97. The number of benzene rings is 1. The summed E-state index contributed by atoms with van der Waals surface area (Å²) in [7, 11) is 1.24. The summed E-state index contributed by atoms with van der Waals surface area (Å²) in [6.45, 7) is 0. The van der Waals surface area contributed by atoms with Crippen LogP contribution in [0.25, 0.3) is 0 Å². The molecule has 1 rings (SSSR count). The molecule has 0 fully saturated rings. The highest BCUT2D eigenvalue weighted by atomic mass is 35.5. The first-order valence-electron chi connectivity index (χ1n) is 4.54. The minimum absolute atomic E-state index is 0.115. The van der Waals surface area contributed by atoms with Gasteiger partial charge in [-0.25, -0.2) is 0 Å². The minimum Gasteiger partial charge on any atom is -0.468 e. The summed E-state index contributed by atoms with van der Waals surface area (Å²) in [6, 6.07) is 4.14. The molecule has 0 aliphatic heterocycles. The Labute approximate surface area is 102 Å². The third kappa shape index (κ3) is 3.78. The smallest absolute Gasteiger partial charge is 0.317 e. The second kappa shape index (κ2) is 5.87. The predicted molar refractivity (Wildman–Crippen MR) is 61.6 cm³/mol. The van der Waals surface area contributed by atoms with Gasteiger partial charge in [0, 0.05) is 11.1 Å². The van der Waals surface area contributed by atoms with E-state index in [9.17, 15) is 14.9 Å². The maximum absolute atomic E-state index is 10.8. The number of carbonyl (C=O) groups excluding carboxylic acids is 1. The van der Waals surface area contributed by atoms with Crippen LogP contribution in [0.1, 0.15) is 12.0 Å². The molecule has 0 radical (unpaired) electrons. The third-order valence-corrected chi connectivity index (χ3v) is 2.08. The predicted octanol–water partition coefficient (Wildman–Crippen LogP) is 2.16.